The molecule has 0 radical (unpaired) electrons. The van der Waals surface area contributed by atoms with Gasteiger partial charge in [0.05, 0.1) is 17.7 Å². The molecule has 0 saturated carbocycles. The van der Waals surface area contributed by atoms with Crippen LogP contribution in [0, 0.1) is 3.57 Å². The Balaban J connectivity index is 1.69. The average molecular weight is 625 g/mol. The van der Waals surface area contributed by atoms with E-state index in [-0.39, 0.29) is 11.6 Å². The van der Waals surface area contributed by atoms with E-state index < -0.39 is 5.97 Å². The van der Waals surface area contributed by atoms with Crippen LogP contribution < -0.4 is 9.47 Å². The van der Waals surface area contributed by atoms with E-state index in [2.05, 4.69) is 43.5 Å². The molecule has 0 aliphatic carbocycles. The van der Waals surface area contributed by atoms with E-state index in [0.29, 0.717) is 34.3 Å². The number of benzene rings is 3. The quantitative estimate of drug-likeness (QED) is 0.175. The van der Waals surface area contributed by atoms with Crippen molar-refractivity contribution < 1.29 is 19.0 Å². The van der Waals surface area contributed by atoms with E-state index in [1.165, 1.54) is 0 Å². The fraction of sp³-hybridized carbons (Fsp3) is 0.0833. The Bertz CT molecular complexity index is 1260. The van der Waals surface area contributed by atoms with E-state index in [9.17, 15) is 4.79 Å². The van der Waals surface area contributed by atoms with Gasteiger partial charge in [-0.3, -0.25) is 0 Å². The summed E-state index contributed by atoms with van der Waals surface area (Å²) in [6.45, 7) is 0.314. The maximum absolute atomic E-state index is 12.5. The van der Waals surface area contributed by atoms with Gasteiger partial charge in [0.2, 0.25) is 5.90 Å². The lowest BCUT2D eigenvalue weighted by molar-refractivity contribution is -0.129. The van der Waals surface area contributed by atoms with Gasteiger partial charge < -0.3 is 14.2 Å². The van der Waals surface area contributed by atoms with Gasteiger partial charge in [0.1, 0.15) is 6.61 Å². The van der Waals surface area contributed by atoms with Gasteiger partial charge in [-0.2, -0.15) is 0 Å². The summed E-state index contributed by atoms with van der Waals surface area (Å²) in [5.74, 6) is 0.655. The normalized spacial score (nSPS) is 14.3. The number of hydrogen-bond donors (Lipinski definition) is 0. The molecule has 32 heavy (non-hydrogen) atoms. The first-order valence-corrected chi connectivity index (χ1v) is 11.7. The van der Waals surface area contributed by atoms with Crippen molar-refractivity contribution >= 4 is 68.1 Å². The molecule has 5 nitrogen and oxygen atoms in total. The molecule has 0 amide bonds. The Kier molecular flexibility index (Phi) is 7.17. The van der Waals surface area contributed by atoms with Gasteiger partial charge in [-0.15, -0.1) is 0 Å². The van der Waals surface area contributed by atoms with Gasteiger partial charge in [0.15, 0.2) is 17.2 Å². The number of methoxy groups -OCH3 is 1. The van der Waals surface area contributed by atoms with Crippen LogP contribution in [0.1, 0.15) is 16.7 Å². The molecule has 8 heteroatoms. The second-order valence-corrected chi connectivity index (χ2v) is 9.23. The third-order valence-corrected chi connectivity index (χ3v) is 6.40. The van der Waals surface area contributed by atoms with Crippen molar-refractivity contribution in [2.45, 2.75) is 6.61 Å². The van der Waals surface area contributed by atoms with Crippen molar-refractivity contribution in [2.75, 3.05) is 7.11 Å². The number of halogens is 3. The lowest BCUT2D eigenvalue weighted by Gasteiger charge is -2.14. The molecule has 0 unspecified atom stereocenters. The predicted molar refractivity (Wildman–Crippen MR) is 136 cm³/mol. The standard InChI is InChI=1S/C24H16BrClINO4/c1-30-21-8-4-6-14(22(21)31-13-15-5-2-3-7-18(15)25)11-20-24(29)32-23(28-20)17-12-16(27)9-10-19(17)26/h2-12H,13H2,1H3/b20-11-. The molecule has 3 aromatic rings. The minimum atomic E-state index is -0.561. The molecule has 0 N–H and O–H groups in total. The summed E-state index contributed by atoms with van der Waals surface area (Å²) in [7, 11) is 1.57. The number of esters is 1. The fourth-order valence-electron chi connectivity index (χ4n) is 3.06. The number of carbonyl (C=O) groups is 1. The van der Waals surface area contributed by atoms with Crippen LogP contribution in [-0.2, 0) is 16.1 Å². The van der Waals surface area contributed by atoms with Gasteiger partial charge in [0, 0.05) is 19.2 Å². The number of carbonyl (C=O) groups excluding carboxylic acids is 1. The summed E-state index contributed by atoms with van der Waals surface area (Å²) in [5.41, 5.74) is 2.33. The van der Waals surface area contributed by atoms with Crippen molar-refractivity contribution in [2.24, 2.45) is 4.99 Å². The lowest BCUT2D eigenvalue weighted by Crippen LogP contribution is -2.06. The van der Waals surface area contributed by atoms with Crippen LogP contribution in [0.15, 0.2) is 75.8 Å². The van der Waals surface area contributed by atoms with Gasteiger partial charge in [-0.25, -0.2) is 9.79 Å². The van der Waals surface area contributed by atoms with Crippen molar-refractivity contribution in [1.29, 1.82) is 0 Å². The number of cyclic esters (lactones) is 1. The summed E-state index contributed by atoms with van der Waals surface area (Å²) in [6.07, 6.45) is 1.62. The molecule has 0 aromatic heterocycles. The van der Waals surface area contributed by atoms with Crippen LogP contribution in [0.4, 0.5) is 0 Å². The molecule has 3 aromatic carbocycles. The largest absolute Gasteiger partial charge is 0.493 e. The zero-order valence-electron chi connectivity index (χ0n) is 16.8. The number of ether oxygens (including phenoxy) is 3. The Hall–Kier alpha value is -2.36. The molecular weight excluding hydrogens is 609 g/mol. The molecule has 1 heterocycles. The topological polar surface area (TPSA) is 57.1 Å². The summed E-state index contributed by atoms with van der Waals surface area (Å²) < 4.78 is 18.9. The summed E-state index contributed by atoms with van der Waals surface area (Å²) in [4.78, 5) is 16.9. The SMILES string of the molecule is COc1cccc(/C=C2\N=C(c3cc(I)ccc3Cl)OC2=O)c1OCc1ccccc1Br. The molecule has 162 valence electrons. The fourth-order valence-corrected chi connectivity index (χ4v) is 4.15. The van der Waals surface area contributed by atoms with E-state index >= 15 is 0 Å². The van der Waals surface area contributed by atoms with Crippen molar-refractivity contribution in [1.82, 2.24) is 0 Å². The summed E-state index contributed by atoms with van der Waals surface area (Å²) in [6, 6.07) is 18.7. The van der Waals surface area contributed by atoms with Crippen LogP contribution >= 0.6 is 50.1 Å². The second kappa shape index (κ2) is 10.1. The first-order chi connectivity index (χ1) is 15.5. The summed E-state index contributed by atoms with van der Waals surface area (Å²) >= 11 is 12.0. The highest BCUT2D eigenvalue weighted by atomic mass is 127. The Morgan fingerprint density at radius 3 is 2.75 bits per heavy atom. The third kappa shape index (κ3) is 5.00. The van der Waals surface area contributed by atoms with Crippen molar-refractivity contribution in [3.05, 3.63) is 96.1 Å². The molecular formula is C24H16BrClINO4. The van der Waals surface area contributed by atoms with Crippen LogP contribution in [0.25, 0.3) is 6.08 Å². The van der Waals surface area contributed by atoms with Gasteiger partial charge >= 0.3 is 5.97 Å². The average Bonchev–Trinajstić information content (AvgIpc) is 3.15. The monoisotopic (exact) mass is 623 g/mol. The van der Waals surface area contributed by atoms with E-state index in [1.807, 2.05) is 48.5 Å². The number of aliphatic imine (C=N–C) groups is 1. The number of hydrogen-bond acceptors (Lipinski definition) is 5. The van der Waals surface area contributed by atoms with E-state index in [1.54, 1.807) is 25.3 Å². The van der Waals surface area contributed by atoms with E-state index in [4.69, 9.17) is 25.8 Å². The van der Waals surface area contributed by atoms with Crippen molar-refractivity contribution in [3.63, 3.8) is 0 Å². The smallest absolute Gasteiger partial charge is 0.363 e. The molecule has 0 bridgehead atoms. The zero-order chi connectivity index (χ0) is 22.7. The second-order valence-electron chi connectivity index (χ2n) is 6.72. The maximum Gasteiger partial charge on any atom is 0.363 e. The minimum Gasteiger partial charge on any atom is -0.493 e. The first-order valence-electron chi connectivity index (χ1n) is 9.47. The molecule has 0 spiro atoms. The molecule has 1 aliphatic heterocycles. The highest BCUT2D eigenvalue weighted by molar-refractivity contribution is 14.1. The van der Waals surface area contributed by atoms with E-state index in [0.717, 1.165) is 13.6 Å². The Morgan fingerprint density at radius 2 is 1.97 bits per heavy atom. The molecule has 1 aliphatic rings. The number of para-hydroxylation sites is 1. The van der Waals surface area contributed by atoms with Crippen LogP contribution in [0.3, 0.4) is 0 Å². The number of rotatable bonds is 6. The molecule has 0 saturated heterocycles. The van der Waals surface area contributed by atoms with Crippen molar-refractivity contribution in [3.8, 4) is 11.5 Å². The molecule has 0 atom stereocenters. The lowest BCUT2D eigenvalue weighted by atomic mass is 10.1. The Labute approximate surface area is 212 Å². The summed E-state index contributed by atoms with van der Waals surface area (Å²) in [5, 5.41) is 0.456. The third-order valence-electron chi connectivity index (χ3n) is 4.63. The highest BCUT2D eigenvalue weighted by Crippen LogP contribution is 2.35. The maximum atomic E-state index is 12.5. The van der Waals surface area contributed by atoms with Crippen LogP contribution in [0.2, 0.25) is 5.02 Å². The Morgan fingerprint density at radius 1 is 1.16 bits per heavy atom. The van der Waals surface area contributed by atoms with Gasteiger partial charge in [-0.05, 0) is 59.0 Å². The molecule has 4 rings (SSSR count). The van der Waals surface area contributed by atoms with Gasteiger partial charge in [-0.1, -0.05) is 57.9 Å². The van der Waals surface area contributed by atoms with Gasteiger partial charge in [0.25, 0.3) is 0 Å². The predicted octanol–water partition coefficient (Wildman–Crippen LogP) is 6.64. The molecule has 0 fully saturated rings. The van der Waals surface area contributed by atoms with Crippen LogP contribution in [0.5, 0.6) is 11.5 Å². The highest BCUT2D eigenvalue weighted by Gasteiger charge is 2.26. The first kappa shape index (κ1) is 22.8. The zero-order valence-corrected chi connectivity index (χ0v) is 21.3. The van der Waals surface area contributed by atoms with Crippen LogP contribution in [-0.4, -0.2) is 19.0 Å². The minimum absolute atomic E-state index is 0.147. The number of nitrogens with zero attached hydrogens (tertiary/aromatic N) is 1.